The predicted molar refractivity (Wildman–Crippen MR) is 94.2 cm³/mol. The second kappa shape index (κ2) is 8.03. The molecule has 4 nitrogen and oxygen atoms in total. The highest BCUT2D eigenvalue weighted by atomic mass is 16.5. The molecule has 0 atom stereocenters. The molecular weight excluding hydrogens is 286 g/mol. The first-order valence-corrected chi connectivity index (χ1v) is 7.58. The summed E-state index contributed by atoms with van der Waals surface area (Å²) in [4.78, 5) is 0. The van der Waals surface area contributed by atoms with Crippen LogP contribution in [0.25, 0.3) is 0 Å². The van der Waals surface area contributed by atoms with Gasteiger partial charge in [0.1, 0.15) is 0 Å². The summed E-state index contributed by atoms with van der Waals surface area (Å²) in [6.07, 6.45) is 1.65. The minimum atomic E-state index is 0.227. The summed E-state index contributed by atoms with van der Waals surface area (Å²) < 4.78 is 5.14. The van der Waals surface area contributed by atoms with E-state index >= 15 is 0 Å². The summed E-state index contributed by atoms with van der Waals surface area (Å²) in [7, 11) is 0. The maximum absolute atomic E-state index is 8.26. The van der Waals surface area contributed by atoms with Crippen molar-refractivity contribution in [3.05, 3.63) is 71.3 Å². The van der Waals surface area contributed by atoms with Crippen LogP contribution < -0.4 is 0 Å². The lowest BCUT2D eigenvalue weighted by Crippen LogP contribution is -2.14. The molecule has 3 N–H and O–H groups in total. The van der Waals surface area contributed by atoms with Crippen LogP contribution in [-0.2, 0) is 11.2 Å². The van der Waals surface area contributed by atoms with Gasteiger partial charge in [-0.3, -0.25) is 16.2 Å². The van der Waals surface area contributed by atoms with E-state index < -0.39 is 0 Å². The molecule has 0 fully saturated rings. The van der Waals surface area contributed by atoms with E-state index in [1.54, 1.807) is 6.92 Å². The topological polar surface area (TPSA) is 80.8 Å². The van der Waals surface area contributed by atoms with Crippen molar-refractivity contribution in [1.29, 1.82) is 16.2 Å². The van der Waals surface area contributed by atoms with Gasteiger partial charge in [0.05, 0.1) is 18.0 Å². The Labute approximate surface area is 136 Å². The number of benzene rings is 2. The molecule has 2 rings (SSSR count). The lowest BCUT2D eigenvalue weighted by molar-refractivity contribution is 0.293. The summed E-state index contributed by atoms with van der Waals surface area (Å²) in [5.74, 6) is 0.233. The van der Waals surface area contributed by atoms with E-state index in [1.807, 2.05) is 54.6 Å². The molecule has 2 aromatic carbocycles. The standard InChI is InChI=1S/C19H21N3O/c1-14(20)23-12-6-8-15-7-5-11-17(13-15)19(22)18(21)16-9-3-2-4-10-16/h2-5,7,9-11,13,20-22H,6,8,12H2,1H3. The molecule has 0 spiro atoms. The zero-order valence-electron chi connectivity index (χ0n) is 13.2. The third-order valence-corrected chi connectivity index (χ3v) is 3.46. The fourth-order valence-electron chi connectivity index (χ4n) is 2.28. The number of nitrogens with one attached hydrogen (secondary N) is 3. The Kier molecular flexibility index (Phi) is 5.80. The minimum absolute atomic E-state index is 0.227. The van der Waals surface area contributed by atoms with E-state index in [2.05, 4.69) is 0 Å². The largest absolute Gasteiger partial charge is 0.481 e. The van der Waals surface area contributed by atoms with Gasteiger partial charge in [-0.05, 0) is 24.5 Å². The van der Waals surface area contributed by atoms with E-state index in [0.717, 1.165) is 29.5 Å². The Morgan fingerprint density at radius 3 is 2.22 bits per heavy atom. The van der Waals surface area contributed by atoms with E-state index in [0.29, 0.717) is 6.61 Å². The van der Waals surface area contributed by atoms with E-state index in [1.165, 1.54) is 0 Å². The minimum Gasteiger partial charge on any atom is -0.481 e. The summed E-state index contributed by atoms with van der Waals surface area (Å²) in [5.41, 5.74) is 3.06. The molecule has 0 heterocycles. The van der Waals surface area contributed by atoms with E-state index in [-0.39, 0.29) is 17.3 Å². The van der Waals surface area contributed by atoms with Gasteiger partial charge >= 0.3 is 0 Å². The van der Waals surface area contributed by atoms with Crippen molar-refractivity contribution in [3.8, 4) is 0 Å². The lowest BCUT2D eigenvalue weighted by atomic mass is 9.97. The number of ether oxygens (including phenoxy) is 1. The second-order valence-corrected chi connectivity index (χ2v) is 5.32. The van der Waals surface area contributed by atoms with Crippen molar-refractivity contribution in [2.75, 3.05) is 6.61 Å². The molecule has 4 heteroatoms. The Bertz CT molecular complexity index is 708. The first kappa shape index (κ1) is 16.6. The Morgan fingerprint density at radius 2 is 1.52 bits per heavy atom. The van der Waals surface area contributed by atoms with Gasteiger partial charge in [-0.25, -0.2) is 0 Å². The second-order valence-electron chi connectivity index (χ2n) is 5.32. The van der Waals surface area contributed by atoms with Crippen molar-refractivity contribution in [2.45, 2.75) is 19.8 Å². The van der Waals surface area contributed by atoms with Crippen LogP contribution in [0.5, 0.6) is 0 Å². The first-order valence-electron chi connectivity index (χ1n) is 7.58. The van der Waals surface area contributed by atoms with Crippen LogP contribution in [0.2, 0.25) is 0 Å². The van der Waals surface area contributed by atoms with Crippen LogP contribution in [-0.4, -0.2) is 23.9 Å². The smallest absolute Gasteiger partial charge is 0.177 e. The molecule has 118 valence electrons. The molecule has 0 aliphatic rings. The molecule has 23 heavy (non-hydrogen) atoms. The van der Waals surface area contributed by atoms with Crippen LogP contribution in [0.1, 0.15) is 30.0 Å². The quantitative estimate of drug-likeness (QED) is 0.402. The van der Waals surface area contributed by atoms with Crippen LogP contribution in [0.15, 0.2) is 54.6 Å². The van der Waals surface area contributed by atoms with Crippen LogP contribution in [0.3, 0.4) is 0 Å². The fraction of sp³-hybridized carbons (Fsp3) is 0.211. The normalized spacial score (nSPS) is 10.1. The fourth-order valence-corrected chi connectivity index (χ4v) is 2.28. The maximum Gasteiger partial charge on any atom is 0.177 e. The Hall–Kier alpha value is -2.75. The molecule has 0 radical (unpaired) electrons. The number of hydrogen-bond acceptors (Lipinski definition) is 4. The van der Waals surface area contributed by atoms with Gasteiger partial charge in [0, 0.05) is 18.1 Å². The van der Waals surface area contributed by atoms with Crippen LogP contribution in [0, 0.1) is 16.2 Å². The molecule has 0 saturated heterocycles. The summed E-state index contributed by atoms with van der Waals surface area (Å²) >= 11 is 0. The SMILES string of the molecule is CC(=N)OCCCc1cccc(C(=N)C(=N)c2ccccc2)c1. The van der Waals surface area contributed by atoms with Gasteiger partial charge < -0.3 is 4.74 Å². The van der Waals surface area contributed by atoms with Crippen molar-refractivity contribution in [1.82, 2.24) is 0 Å². The van der Waals surface area contributed by atoms with Gasteiger partial charge in [-0.2, -0.15) is 0 Å². The van der Waals surface area contributed by atoms with Gasteiger partial charge in [-0.15, -0.1) is 0 Å². The number of rotatable bonds is 7. The van der Waals surface area contributed by atoms with Crippen molar-refractivity contribution < 1.29 is 4.74 Å². The average molecular weight is 307 g/mol. The predicted octanol–water partition coefficient (Wildman–Crippen LogP) is 4.07. The Morgan fingerprint density at radius 1 is 0.870 bits per heavy atom. The molecule has 0 bridgehead atoms. The van der Waals surface area contributed by atoms with Crippen molar-refractivity contribution in [2.24, 2.45) is 0 Å². The third-order valence-electron chi connectivity index (χ3n) is 3.46. The van der Waals surface area contributed by atoms with Gasteiger partial charge in [0.25, 0.3) is 0 Å². The van der Waals surface area contributed by atoms with Gasteiger partial charge in [0.15, 0.2) is 5.90 Å². The molecule has 0 amide bonds. The lowest BCUT2D eigenvalue weighted by Gasteiger charge is -2.09. The highest BCUT2D eigenvalue weighted by Crippen LogP contribution is 2.12. The third kappa shape index (κ3) is 4.88. The summed E-state index contributed by atoms with van der Waals surface area (Å²) in [6, 6.07) is 17.1. The average Bonchev–Trinajstić information content (AvgIpc) is 2.58. The Balaban J connectivity index is 2.02. The molecule has 0 unspecified atom stereocenters. The monoisotopic (exact) mass is 307 g/mol. The zero-order valence-corrected chi connectivity index (χ0v) is 13.2. The van der Waals surface area contributed by atoms with E-state index in [4.69, 9.17) is 21.0 Å². The van der Waals surface area contributed by atoms with Crippen molar-refractivity contribution >= 4 is 17.3 Å². The number of aryl methyl sites for hydroxylation is 1. The molecule has 0 aliphatic carbocycles. The van der Waals surface area contributed by atoms with Gasteiger partial charge in [-0.1, -0.05) is 48.5 Å². The molecular formula is C19H21N3O. The molecule has 0 aliphatic heterocycles. The molecule has 2 aromatic rings. The van der Waals surface area contributed by atoms with Gasteiger partial charge in [0.2, 0.25) is 0 Å². The maximum atomic E-state index is 8.26. The number of hydrogen-bond donors (Lipinski definition) is 3. The summed E-state index contributed by atoms with van der Waals surface area (Å²) in [5, 5.41) is 23.7. The van der Waals surface area contributed by atoms with Crippen LogP contribution >= 0.6 is 0 Å². The molecule has 0 saturated carbocycles. The van der Waals surface area contributed by atoms with Crippen LogP contribution in [0.4, 0.5) is 0 Å². The summed E-state index contributed by atoms with van der Waals surface area (Å²) in [6.45, 7) is 2.15. The molecule has 0 aromatic heterocycles. The highest BCUT2D eigenvalue weighted by Gasteiger charge is 2.10. The zero-order chi connectivity index (χ0) is 16.7. The highest BCUT2D eigenvalue weighted by molar-refractivity contribution is 6.51. The first-order chi connectivity index (χ1) is 11.1. The van der Waals surface area contributed by atoms with E-state index in [9.17, 15) is 0 Å². The van der Waals surface area contributed by atoms with Crippen molar-refractivity contribution in [3.63, 3.8) is 0 Å².